The van der Waals surface area contributed by atoms with Crippen molar-refractivity contribution >= 4 is 15.9 Å². The Morgan fingerprint density at radius 2 is 1.61 bits per heavy atom. The Morgan fingerprint density at radius 1 is 1.00 bits per heavy atom. The summed E-state index contributed by atoms with van der Waals surface area (Å²) in [5.41, 5.74) is 2.65. The summed E-state index contributed by atoms with van der Waals surface area (Å²) >= 11 is 0. The lowest BCUT2D eigenvalue weighted by Gasteiger charge is -2.31. The zero-order valence-corrected chi connectivity index (χ0v) is 19.9. The van der Waals surface area contributed by atoms with Crippen LogP contribution in [-0.4, -0.2) is 56.8 Å². The van der Waals surface area contributed by atoms with Gasteiger partial charge in [-0.2, -0.15) is 4.31 Å². The van der Waals surface area contributed by atoms with Crippen LogP contribution < -0.4 is 5.32 Å². The SMILES string of the molecule is CC(NC(=O)c1cccc(S(=O)(=O)N2CCN(C)CC2)c1)c1ccc(C(C)(C)C)cc1. The first-order valence-electron chi connectivity index (χ1n) is 10.7. The molecule has 0 spiro atoms. The second-order valence-corrected chi connectivity index (χ2v) is 11.2. The van der Waals surface area contributed by atoms with Gasteiger partial charge in [-0.25, -0.2) is 8.42 Å². The third-order valence-corrected chi connectivity index (χ3v) is 7.72. The van der Waals surface area contributed by atoms with Crippen LogP contribution >= 0.6 is 0 Å². The Bertz CT molecular complexity index is 1020. The molecular formula is C24H33N3O3S. The van der Waals surface area contributed by atoms with E-state index in [0.29, 0.717) is 31.7 Å². The van der Waals surface area contributed by atoms with Gasteiger partial charge < -0.3 is 10.2 Å². The summed E-state index contributed by atoms with van der Waals surface area (Å²) in [4.78, 5) is 15.1. The van der Waals surface area contributed by atoms with Gasteiger partial charge in [-0.3, -0.25) is 4.79 Å². The van der Waals surface area contributed by atoms with Gasteiger partial charge in [0.2, 0.25) is 10.0 Å². The van der Waals surface area contributed by atoms with E-state index in [-0.39, 0.29) is 22.3 Å². The standard InChI is InChI=1S/C24H33N3O3S/c1-18(19-9-11-21(12-10-19)24(2,3)4)25-23(28)20-7-6-8-22(17-20)31(29,30)27-15-13-26(5)14-16-27/h6-12,17-18H,13-16H2,1-5H3,(H,25,28). The first kappa shape index (κ1) is 23.4. The predicted molar refractivity (Wildman–Crippen MR) is 124 cm³/mol. The van der Waals surface area contributed by atoms with E-state index < -0.39 is 10.0 Å². The van der Waals surface area contributed by atoms with Gasteiger partial charge in [0.1, 0.15) is 0 Å². The van der Waals surface area contributed by atoms with Gasteiger partial charge in [-0.1, -0.05) is 51.1 Å². The summed E-state index contributed by atoms with van der Waals surface area (Å²) in [7, 11) is -1.64. The number of carbonyl (C=O) groups is 1. The second kappa shape index (κ2) is 9.10. The molecule has 1 unspecified atom stereocenters. The molecule has 0 radical (unpaired) electrons. The highest BCUT2D eigenvalue weighted by Gasteiger charge is 2.28. The Labute approximate surface area is 186 Å². The lowest BCUT2D eigenvalue weighted by Crippen LogP contribution is -2.47. The fraction of sp³-hybridized carbons (Fsp3) is 0.458. The maximum atomic E-state index is 13.0. The van der Waals surface area contributed by atoms with Gasteiger partial charge in [0.05, 0.1) is 10.9 Å². The number of carbonyl (C=O) groups excluding carboxylic acids is 1. The summed E-state index contributed by atoms with van der Waals surface area (Å²) < 4.78 is 27.5. The van der Waals surface area contributed by atoms with Crippen LogP contribution in [-0.2, 0) is 15.4 Å². The van der Waals surface area contributed by atoms with E-state index in [1.165, 1.54) is 15.9 Å². The molecule has 168 valence electrons. The average Bonchev–Trinajstić information content (AvgIpc) is 2.73. The van der Waals surface area contributed by atoms with E-state index in [0.717, 1.165) is 5.56 Å². The van der Waals surface area contributed by atoms with Crippen LogP contribution in [0, 0.1) is 0 Å². The topological polar surface area (TPSA) is 69.7 Å². The third kappa shape index (κ3) is 5.53. The minimum atomic E-state index is -3.61. The van der Waals surface area contributed by atoms with E-state index in [1.807, 2.05) is 26.1 Å². The number of hydrogen-bond acceptors (Lipinski definition) is 4. The summed E-state index contributed by atoms with van der Waals surface area (Å²) in [6.07, 6.45) is 0. The summed E-state index contributed by atoms with van der Waals surface area (Å²) in [6.45, 7) is 10.7. The minimum Gasteiger partial charge on any atom is -0.346 e. The summed E-state index contributed by atoms with van der Waals surface area (Å²) in [5, 5.41) is 2.98. The van der Waals surface area contributed by atoms with Crippen molar-refractivity contribution in [2.24, 2.45) is 0 Å². The van der Waals surface area contributed by atoms with Gasteiger partial charge in [0, 0.05) is 31.7 Å². The van der Waals surface area contributed by atoms with E-state index in [1.54, 1.807) is 18.2 Å². The number of likely N-dealkylation sites (N-methyl/N-ethyl adjacent to an activating group) is 1. The average molecular weight is 444 g/mol. The molecule has 7 heteroatoms. The quantitative estimate of drug-likeness (QED) is 0.769. The van der Waals surface area contributed by atoms with Crippen LogP contribution in [0.25, 0.3) is 0 Å². The van der Waals surface area contributed by atoms with Crippen molar-refractivity contribution in [2.75, 3.05) is 33.2 Å². The maximum Gasteiger partial charge on any atom is 0.251 e. The molecule has 0 aliphatic carbocycles. The molecule has 1 amide bonds. The van der Waals surface area contributed by atoms with E-state index in [9.17, 15) is 13.2 Å². The molecule has 2 aromatic carbocycles. The highest BCUT2D eigenvalue weighted by Crippen LogP contribution is 2.24. The molecule has 1 heterocycles. The number of rotatable bonds is 5. The Hall–Kier alpha value is -2.22. The summed E-state index contributed by atoms with van der Waals surface area (Å²) in [5.74, 6) is -0.289. The molecular weight excluding hydrogens is 410 g/mol. The molecule has 1 N–H and O–H groups in total. The Balaban J connectivity index is 1.72. The van der Waals surface area contributed by atoms with Crippen molar-refractivity contribution in [1.29, 1.82) is 0 Å². The fourth-order valence-corrected chi connectivity index (χ4v) is 5.08. The van der Waals surface area contributed by atoms with Crippen LogP contribution in [0.4, 0.5) is 0 Å². The smallest absolute Gasteiger partial charge is 0.251 e. The van der Waals surface area contributed by atoms with Crippen molar-refractivity contribution in [2.45, 2.75) is 44.0 Å². The number of hydrogen-bond donors (Lipinski definition) is 1. The molecule has 0 aromatic heterocycles. The molecule has 1 aliphatic rings. The molecule has 1 saturated heterocycles. The van der Waals surface area contributed by atoms with Crippen molar-refractivity contribution in [3.8, 4) is 0 Å². The second-order valence-electron chi connectivity index (χ2n) is 9.30. The van der Waals surface area contributed by atoms with Crippen molar-refractivity contribution in [3.63, 3.8) is 0 Å². The number of amides is 1. The van der Waals surface area contributed by atoms with Gasteiger partial charge >= 0.3 is 0 Å². The van der Waals surface area contributed by atoms with Crippen LogP contribution in [0.2, 0.25) is 0 Å². The third-order valence-electron chi connectivity index (χ3n) is 5.82. The number of nitrogens with zero attached hydrogens (tertiary/aromatic N) is 2. The molecule has 1 atom stereocenters. The highest BCUT2D eigenvalue weighted by atomic mass is 32.2. The fourth-order valence-electron chi connectivity index (χ4n) is 3.61. The largest absolute Gasteiger partial charge is 0.346 e. The molecule has 2 aromatic rings. The number of sulfonamides is 1. The van der Waals surface area contributed by atoms with Crippen LogP contribution in [0.15, 0.2) is 53.4 Å². The van der Waals surface area contributed by atoms with Crippen molar-refractivity contribution < 1.29 is 13.2 Å². The van der Waals surface area contributed by atoms with Crippen molar-refractivity contribution in [1.82, 2.24) is 14.5 Å². The Kier molecular flexibility index (Phi) is 6.88. The maximum absolute atomic E-state index is 13.0. The van der Waals surface area contributed by atoms with Crippen LogP contribution in [0.3, 0.4) is 0 Å². The molecule has 1 aliphatic heterocycles. The molecule has 1 fully saturated rings. The first-order valence-corrected chi connectivity index (χ1v) is 12.1. The highest BCUT2D eigenvalue weighted by molar-refractivity contribution is 7.89. The molecule has 0 saturated carbocycles. The first-order chi connectivity index (χ1) is 14.5. The number of nitrogens with one attached hydrogen (secondary N) is 1. The monoisotopic (exact) mass is 443 g/mol. The Morgan fingerprint density at radius 3 is 2.19 bits per heavy atom. The van der Waals surface area contributed by atoms with Gasteiger partial charge in [0.25, 0.3) is 5.91 Å². The minimum absolute atomic E-state index is 0.0702. The van der Waals surface area contributed by atoms with Crippen LogP contribution in [0.5, 0.6) is 0 Å². The van der Waals surface area contributed by atoms with Gasteiger partial charge in [-0.15, -0.1) is 0 Å². The normalized spacial score (nSPS) is 17.3. The van der Waals surface area contributed by atoms with E-state index in [2.05, 4.69) is 43.1 Å². The number of piperazine rings is 1. The zero-order chi connectivity index (χ0) is 22.8. The van der Waals surface area contributed by atoms with E-state index >= 15 is 0 Å². The van der Waals surface area contributed by atoms with Gasteiger partial charge in [-0.05, 0) is 48.7 Å². The van der Waals surface area contributed by atoms with E-state index in [4.69, 9.17) is 0 Å². The van der Waals surface area contributed by atoms with Crippen LogP contribution in [0.1, 0.15) is 55.2 Å². The molecule has 31 heavy (non-hydrogen) atoms. The molecule has 0 bridgehead atoms. The van der Waals surface area contributed by atoms with Crippen molar-refractivity contribution in [3.05, 3.63) is 65.2 Å². The van der Waals surface area contributed by atoms with Gasteiger partial charge in [0.15, 0.2) is 0 Å². The predicted octanol–water partition coefficient (Wildman–Crippen LogP) is 3.41. The molecule has 6 nitrogen and oxygen atoms in total. The lowest BCUT2D eigenvalue weighted by molar-refractivity contribution is 0.0939. The number of benzene rings is 2. The summed E-state index contributed by atoms with van der Waals surface area (Å²) in [6, 6.07) is 14.3. The zero-order valence-electron chi connectivity index (χ0n) is 19.1. The lowest BCUT2D eigenvalue weighted by atomic mass is 9.86. The molecule has 3 rings (SSSR count).